The number of rotatable bonds is 9. The van der Waals surface area contributed by atoms with Crippen LogP contribution in [0, 0.1) is 0 Å². The Morgan fingerprint density at radius 1 is 0.978 bits per heavy atom. The molecule has 1 fully saturated rings. The number of hydroxylamine groups is 1. The SMILES string of the molecule is Cn1c2c(c(=O)n(CC(=O)c3ccccc3)c1=O)N(Cc1ccccc1)C(SC1(CN)CCCCCC1)N2OC(=O)C(F)(F)F. The molecule has 2 N–H and O–H groups in total. The van der Waals surface area contributed by atoms with E-state index in [4.69, 9.17) is 10.6 Å². The molecule has 2 aromatic carbocycles. The molecule has 0 saturated heterocycles. The number of alkyl halides is 3. The number of hydrogen-bond acceptors (Lipinski definition) is 9. The van der Waals surface area contributed by atoms with Gasteiger partial charge in [-0.05, 0) is 18.4 Å². The van der Waals surface area contributed by atoms with Gasteiger partial charge in [0.2, 0.25) is 0 Å². The van der Waals surface area contributed by atoms with E-state index >= 15 is 0 Å². The van der Waals surface area contributed by atoms with Crippen molar-refractivity contribution >= 4 is 35.0 Å². The Hall–Kier alpha value is -4.04. The molecular formula is C31H34F3N5O5S. The van der Waals surface area contributed by atoms with Crippen LogP contribution < -0.4 is 26.9 Å². The van der Waals surface area contributed by atoms with Gasteiger partial charge in [-0.15, -0.1) is 11.8 Å². The highest BCUT2D eigenvalue weighted by Crippen LogP contribution is 2.49. The average Bonchev–Trinajstić information content (AvgIpc) is 3.16. The molecule has 3 aromatic rings. The van der Waals surface area contributed by atoms with Crippen molar-refractivity contribution < 1.29 is 27.6 Å². The number of hydrogen-bond donors (Lipinski definition) is 1. The molecule has 5 rings (SSSR count). The van der Waals surface area contributed by atoms with Gasteiger partial charge in [-0.2, -0.15) is 18.2 Å². The quantitative estimate of drug-likeness (QED) is 0.268. The van der Waals surface area contributed by atoms with Crippen molar-refractivity contribution in [2.75, 3.05) is 16.5 Å². The fraction of sp³-hybridized carbons (Fsp3) is 0.419. The number of carbonyl (C=O) groups is 2. The van der Waals surface area contributed by atoms with E-state index in [-0.39, 0.29) is 30.2 Å². The monoisotopic (exact) mass is 645 g/mol. The van der Waals surface area contributed by atoms with Crippen LogP contribution in [0.25, 0.3) is 0 Å². The lowest BCUT2D eigenvalue weighted by atomic mass is 9.99. The summed E-state index contributed by atoms with van der Waals surface area (Å²) in [6, 6.07) is 17.0. The Kier molecular flexibility index (Phi) is 9.44. The van der Waals surface area contributed by atoms with E-state index in [1.165, 1.54) is 23.7 Å². The minimum Gasteiger partial charge on any atom is -0.329 e. The predicted molar refractivity (Wildman–Crippen MR) is 165 cm³/mol. The standard InChI is InChI=1S/C31H34F3N5O5S/c1-36-25-24(26(41)38(28(36)43)19-23(40)22-14-8-5-9-15-22)37(18-21-12-6-4-7-13-21)29(39(25)44-27(42)31(32,33)34)45-30(20-35)16-10-2-3-11-17-30/h4-9,12-15,29H,2-3,10-11,16-20,35H2,1H3. The minimum absolute atomic E-state index is 0.0201. The highest BCUT2D eigenvalue weighted by molar-refractivity contribution is 8.01. The normalized spacial score (nSPS) is 17.9. The van der Waals surface area contributed by atoms with Crippen molar-refractivity contribution in [3.63, 3.8) is 0 Å². The molecule has 1 aromatic heterocycles. The van der Waals surface area contributed by atoms with E-state index in [1.807, 2.05) is 0 Å². The Balaban J connectivity index is 1.69. The lowest BCUT2D eigenvalue weighted by Gasteiger charge is -2.39. The van der Waals surface area contributed by atoms with E-state index in [1.54, 1.807) is 60.7 Å². The van der Waals surface area contributed by atoms with Crippen LogP contribution in [0.4, 0.5) is 24.7 Å². The fourth-order valence-corrected chi connectivity index (χ4v) is 7.44. The molecule has 45 heavy (non-hydrogen) atoms. The van der Waals surface area contributed by atoms with Crippen molar-refractivity contribution in [1.29, 1.82) is 0 Å². The second kappa shape index (κ2) is 13.1. The number of ketones is 1. The van der Waals surface area contributed by atoms with Crippen molar-refractivity contribution in [2.24, 2.45) is 12.8 Å². The van der Waals surface area contributed by atoms with Gasteiger partial charge in [0.05, 0.1) is 6.54 Å². The number of halogens is 3. The van der Waals surface area contributed by atoms with E-state index in [0.29, 0.717) is 23.5 Å². The van der Waals surface area contributed by atoms with Gasteiger partial charge >= 0.3 is 17.8 Å². The zero-order valence-corrected chi connectivity index (χ0v) is 25.5. The molecule has 0 bridgehead atoms. The van der Waals surface area contributed by atoms with Crippen molar-refractivity contribution in [3.8, 4) is 0 Å². The molecule has 1 aliphatic carbocycles. The van der Waals surface area contributed by atoms with Crippen LogP contribution in [-0.2, 0) is 29.8 Å². The summed E-state index contributed by atoms with van der Waals surface area (Å²) >= 11 is 1.23. The summed E-state index contributed by atoms with van der Waals surface area (Å²) in [5.74, 6) is -3.33. The first kappa shape index (κ1) is 32.4. The highest BCUT2D eigenvalue weighted by Gasteiger charge is 2.51. The van der Waals surface area contributed by atoms with Gasteiger partial charge in [0.25, 0.3) is 5.56 Å². The Morgan fingerprint density at radius 2 is 1.58 bits per heavy atom. The Morgan fingerprint density at radius 3 is 2.16 bits per heavy atom. The van der Waals surface area contributed by atoms with Crippen LogP contribution in [0.2, 0.25) is 0 Å². The first-order valence-electron chi connectivity index (χ1n) is 14.6. The smallest absolute Gasteiger partial charge is 0.329 e. The van der Waals surface area contributed by atoms with Gasteiger partial charge in [-0.3, -0.25) is 18.7 Å². The lowest BCUT2D eigenvalue weighted by molar-refractivity contribution is -0.201. The summed E-state index contributed by atoms with van der Waals surface area (Å²) in [6.07, 6.45) is -0.391. The largest absolute Gasteiger partial charge is 0.493 e. The molecule has 1 atom stereocenters. The maximum Gasteiger partial charge on any atom is 0.493 e. The summed E-state index contributed by atoms with van der Waals surface area (Å²) in [5.41, 5.74) is 4.10. The molecular weight excluding hydrogens is 611 g/mol. The summed E-state index contributed by atoms with van der Waals surface area (Å²) in [4.78, 5) is 59.8. The lowest BCUT2D eigenvalue weighted by Crippen LogP contribution is -2.49. The van der Waals surface area contributed by atoms with E-state index in [2.05, 4.69) is 0 Å². The van der Waals surface area contributed by atoms with Crippen LogP contribution in [0.1, 0.15) is 54.4 Å². The first-order chi connectivity index (χ1) is 21.5. The number of thioether (sulfide) groups is 1. The topological polar surface area (TPSA) is 120 Å². The fourth-order valence-electron chi connectivity index (χ4n) is 5.83. The second-order valence-corrected chi connectivity index (χ2v) is 12.8. The van der Waals surface area contributed by atoms with Crippen molar-refractivity contribution in [1.82, 2.24) is 9.13 Å². The van der Waals surface area contributed by atoms with Gasteiger partial charge in [0.1, 0.15) is 0 Å². The third-order valence-corrected chi connectivity index (χ3v) is 9.94. The van der Waals surface area contributed by atoms with Crippen molar-refractivity contribution in [2.45, 2.75) is 68.0 Å². The van der Waals surface area contributed by atoms with Crippen LogP contribution >= 0.6 is 11.8 Å². The van der Waals surface area contributed by atoms with Gasteiger partial charge < -0.3 is 15.5 Å². The molecule has 1 saturated carbocycles. The Labute approximate surface area is 261 Å². The number of nitrogens with zero attached hydrogens (tertiary/aromatic N) is 4. The number of carbonyl (C=O) groups excluding carboxylic acids is 2. The molecule has 1 aliphatic heterocycles. The molecule has 14 heteroatoms. The van der Waals surface area contributed by atoms with E-state index in [9.17, 15) is 32.3 Å². The van der Waals surface area contributed by atoms with E-state index < -0.39 is 46.0 Å². The second-order valence-electron chi connectivity index (χ2n) is 11.3. The number of nitrogens with two attached hydrogens (primary N) is 1. The molecule has 0 radical (unpaired) electrons. The number of aromatic nitrogens is 2. The van der Waals surface area contributed by atoms with E-state index in [0.717, 1.165) is 34.8 Å². The number of anilines is 2. The third kappa shape index (κ3) is 6.66. The molecule has 2 aliphatic rings. The number of benzene rings is 2. The minimum atomic E-state index is -5.36. The summed E-state index contributed by atoms with van der Waals surface area (Å²) < 4.78 is 41.9. The summed E-state index contributed by atoms with van der Waals surface area (Å²) in [5, 5.41) is 0.715. The Bertz CT molecular complexity index is 1650. The summed E-state index contributed by atoms with van der Waals surface area (Å²) in [6.45, 7) is -0.388. The van der Waals surface area contributed by atoms with Crippen molar-refractivity contribution in [3.05, 3.63) is 92.6 Å². The van der Waals surface area contributed by atoms with Gasteiger partial charge in [0.15, 0.2) is 22.8 Å². The van der Waals surface area contributed by atoms with Crippen LogP contribution in [0.15, 0.2) is 70.3 Å². The molecule has 2 heterocycles. The van der Waals surface area contributed by atoms with Crippen LogP contribution in [0.3, 0.4) is 0 Å². The molecule has 1 unspecified atom stereocenters. The number of Topliss-reactive ketones (excluding diaryl/α,β-unsaturated/α-hetero) is 1. The molecule has 10 nitrogen and oxygen atoms in total. The average molecular weight is 646 g/mol. The number of fused-ring (bicyclic) bond motifs is 1. The zero-order chi connectivity index (χ0) is 32.4. The van der Waals surface area contributed by atoms with Crippen LogP contribution in [0.5, 0.6) is 0 Å². The molecule has 240 valence electrons. The first-order valence-corrected chi connectivity index (χ1v) is 15.5. The third-order valence-electron chi connectivity index (χ3n) is 8.21. The predicted octanol–water partition coefficient (Wildman–Crippen LogP) is 4.35. The molecule has 0 amide bonds. The van der Waals surface area contributed by atoms with Crippen LogP contribution in [-0.4, -0.2) is 43.9 Å². The maximum atomic E-state index is 14.2. The van der Waals surface area contributed by atoms with Gasteiger partial charge in [0, 0.05) is 30.4 Å². The van der Waals surface area contributed by atoms with Gasteiger partial charge in [-0.25, -0.2) is 9.59 Å². The molecule has 0 spiro atoms. The van der Waals surface area contributed by atoms with Gasteiger partial charge in [-0.1, -0.05) is 86.3 Å². The summed E-state index contributed by atoms with van der Waals surface area (Å²) in [7, 11) is 1.26. The zero-order valence-electron chi connectivity index (χ0n) is 24.7. The maximum absolute atomic E-state index is 14.2. The highest BCUT2D eigenvalue weighted by atomic mass is 32.2.